The lowest BCUT2D eigenvalue weighted by molar-refractivity contribution is -0.130. The molecule has 13 heteroatoms. The van der Waals surface area contributed by atoms with E-state index in [0.29, 0.717) is 11.2 Å². The molecule has 3 heterocycles. The van der Waals surface area contributed by atoms with Gasteiger partial charge < -0.3 is 16.4 Å². The molecule has 0 saturated carbocycles. The van der Waals surface area contributed by atoms with Crippen molar-refractivity contribution in [2.75, 3.05) is 22.9 Å². The number of anilines is 3. The maximum Gasteiger partial charge on any atom is 0.295 e. The number of fused-ring (bicyclic) bond motifs is 1. The maximum absolute atomic E-state index is 13.9. The molecule has 0 amide bonds. The Hall–Kier alpha value is -4.63. The lowest BCUT2D eigenvalue weighted by Crippen LogP contribution is -2.33. The molecule has 0 bridgehead atoms. The van der Waals surface area contributed by atoms with E-state index in [1.165, 1.54) is 4.57 Å². The third kappa shape index (κ3) is 4.72. The van der Waals surface area contributed by atoms with E-state index in [9.17, 15) is 23.6 Å². The number of carbonyl (C=O) groups is 1. The van der Waals surface area contributed by atoms with Crippen molar-refractivity contribution in [3.05, 3.63) is 75.3 Å². The number of aromatic nitrogens is 4. The summed E-state index contributed by atoms with van der Waals surface area (Å²) in [6, 6.07) is 14.8. The number of halogens is 3. The van der Waals surface area contributed by atoms with Gasteiger partial charge in [0.15, 0.2) is 11.6 Å². The Bertz CT molecular complexity index is 1690. The van der Waals surface area contributed by atoms with Gasteiger partial charge in [-0.25, -0.2) is 13.8 Å². The summed E-state index contributed by atoms with van der Waals surface area (Å²) in [6.07, 6.45) is -3.39. The summed E-state index contributed by atoms with van der Waals surface area (Å²) in [4.78, 5) is 40.4. The molecule has 0 aliphatic carbocycles. The molecule has 1 saturated heterocycles. The maximum atomic E-state index is 13.9. The third-order valence-corrected chi connectivity index (χ3v) is 6.94. The molecule has 0 radical (unpaired) electrons. The molecule has 198 valence electrons. The normalized spacial score (nSPS) is 17.1. The van der Waals surface area contributed by atoms with Gasteiger partial charge in [0, 0.05) is 13.0 Å². The molecular weight excluding hydrogens is 530 g/mol. The minimum atomic E-state index is -3.12. The van der Waals surface area contributed by atoms with Gasteiger partial charge in [-0.2, -0.15) is 15.2 Å². The van der Waals surface area contributed by atoms with Gasteiger partial charge in [-0.15, -0.1) is 0 Å². The number of nitrogens with zero attached hydrogens (tertiary/aromatic N) is 6. The first-order valence-corrected chi connectivity index (χ1v) is 12.2. The van der Waals surface area contributed by atoms with Crippen LogP contribution in [0.1, 0.15) is 30.3 Å². The molecule has 10 nitrogen and oxygen atoms in total. The second kappa shape index (κ2) is 10.3. The predicted molar refractivity (Wildman–Crippen MR) is 142 cm³/mol. The number of nitrogens with two attached hydrogens (primary N) is 2. The molecule has 0 unspecified atom stereocenters. The molecule has 39 heavy (non-hydrogen) atoms. The number of nitrogen functional groups attached to an aromatic ring is 2. The minimum absolute atomic E-state index is 0.0476. The summed E-state index contributed by atoms with van der Waals surface area (Å²) in [7, 11) is 0. The summed E-state index contributed by atoms with van der Waals surface area (Å²) in [5.41, 5.74) is 12.1. The zero-order valence-corrected chi connectivity index (χ0v) is 21.0. The van der Waals surface area contributed by atoms with Crippen LogP contribution in [0.25, 0.3) is 16.6 Å². The number of carbonyl (C=O) groups excluding carboxylic acids is 1. The van der Waals surface area contributed by atoms with Gasteiger partial charge >= 0.3 is 0 Å². The summed E-state index contributed by atoms with van der Waals surface area (Å²) >= 11 is 6.39. The minimum Gasteiger partial charge on any atom is -0.382 e. The van der Waals surface area contributed by atoms with Crippen LogP contribution in [-0.4, -0.2) is 38.3 Å². The van der Waals surface area contributed by atoms with Crippen molar-refractivity contribution in [3.63, 3.8) is 0 Å². The van der Waals surface area contributed by atoms with Crippen LogP contribution in [0, 0.1) is 17.2 Å². The highest BCUT2D eigenvalue weighted by Crippen LogP contribution is 2.42. The van der Waals surface area contributed by atoms with Gasteiger partial charge in [-0.3, -0.25) is 14.2 Å². The van der Waals surface area contributed by atoms with Gasteiger partial charge in [-0.1, -0.05) is 35.9 Å². The lowest BCUT2D eigenvalue weighted by Gasteiger charge is -2.28. The molecule has 2 aromatic carbocycles. The van der Waals surface area contributed by atoms with Crippen molar-refractivity contribution in [1.82, 2.24) is 19.5 Å². The fourth-order valence-electron chi connectivity index (χ4n) is 4.98. The summed E-state index contributed by atoms with van der Waals surface area (Å²) in [6.45, 7) is 0.0476. The number of alkyl halides is 2. The number of rotatable bonds is 6. The quantitative estimate of drug-likeness (QED) is 0.365. The van der Waals surface area contributed by atoms with Crippen LogP contribution in [0.15, 0.2) is 53.3 Å². The Balaban J connectivity index is 1.77. The predicted octanol–water partition coefficient (Wildman–Crippen LogP) is 3.66. The van der Waals surface area contributed by atoms with E-state index in [-0.39, 0.29) is 52.3 Å². The molecule has 4 N–H and O–H groups in total. The highest BCUT2D eigenvalue weighted by Gasteiger charge is 2.40. The van der Waals surface area contributed by atoms with Crippen molar-refractivity contribution in [3.8, 4) is 11.8 Å². The van der Waals surface area contributed by atoms with Crippen LogP contribution in [-0.2, 0) is 4.79 Å². The molecule has 2 atom stereocenters. The molecule has 1 aliphatic rings. The second-order valence-electron chi connectivity index (χ2n) is 9.10. The SMILES string of the molecule is N#Cc1c(N)nc(N)nc1N1C[C@H](CC(=O)C(F)F)C[C@H]1c1nc2cccc(Cl)c2c(=O)n1-c1ccccc1. The molecule has 2 aromatic heterocycles. The molecule has 1 aliphatic heterocycles. The Kier molecular flexibility index (Phi) is 6.84. The molecular formula is C26H21ClF2N8O2. The van der Waals surface area contributed by atoms with Crippen LogP contribution in [0.2, 0.25) is 5.02 Å². The number of hydrogen-bond donors (Lipinski definition) is 2. The topological polar surface area (TPSA) is 157 Å². The smallest absolute Gasteiger partial charge is 0.295 e. The Morgan fingerprint density at radius 1 is 1.13 bits per heavy atom. The fraction of sp³-hybridized carbons (Fsp3) is 0.231. The number of Topliss-reactive ketones (excluding diaryl/α,β-unsaturated/α-hetero) is 1. The average Bonchev–Trinajstić information content (AvgIpc) is 3.32. The molecule has 5 rings (SSSR count). The van der Waals surface area contributed by atoms with E-state index >= 15 is 0 Å². The summed E-state index contributed by atoms with van der Waals surface area (Å²) in [5, 5.41) is 10.2. The second-order valence-corrected chi connectivity index (χ2v) is 9.51. The van der Waals surface area contributed by atoms with Crippen LogP contribution in [0.5, 0.6) is 0 Å². The summed E-state index contributed by atoms with van der Waals surface area (Å²) < 4.78 is 27.7. The van der Waals surface area contributed by atoms with Crippen molar-refractivity contribution < 1.29 is 13.6 Å². The highest BCUT2D eigenvalue weighted by atomic mass is 35.5. The number of nitriles is 1. The van der Waals surface area contributed by atoms with E-state index in [0.717, 1.165) is 0 Å². The van der Waals surface area contributed by atoms with Gasteiger partial charge in [0.2, 0.25) is 5.95 Å². The van der Waals surface area contributed by atoms with Crippen molar-refractivity contribution >= 4 is 45.9 Å². The van der Waals surface area contributed by atoms with Crippen LogP contribution < -0.4 is 21.9 Å². The first-order chi connectivity index (χ1) is 18.7. The van der Waals surface area contributed by atoms with Crippen molar-refractivity contribution in [2.45, 2.75) is 25.3 Å². The van der Waals surface area contributed by atoms with Gasteiger partial charge in [0.05, 0.1) is 27.7 Å². The number of benzene rings is 2. The van der Waals surface area contributed by atoms with Crippen LogP contribution in [0.4, 0.5) is 26.4 Å². The highest BCUT2D eigenvalue weighted by molar-refractivity contribution is 6.35. The number of para-hydroxylation sites is 1. The van der Waals surface area contributed by atoms with Crippen LogP contribution >= 0.6 is 11.6 Å². The average molecular weight is 551 g/mol. The van der Waals surface area contributed by atoms with E-state index in [1.807, 2.05) is 6.07 Å². The number of ketones is 1. The van der Waals surface area contributed by atoms with E-state index in [2.05, 4.69) is 9.97 Å². The standard InChI is InChI=1S/C26H21ClF2N8O2/c27-16-7-4-8-17-20(16)25(39)37(14-5-2-1-3-6-14)24(33-17)18-9-13(10-19(38)21(28)29)12-36(18)23-15(11-30)22(31)34-26(32)35-23/h1-8,13,18,21H,9-10,12H2,(H4,31,32,34,35)/t13-,18-/m0/s1. The molecule has 1 fully saturated rings. The Labute approximate surface area is 225 Å². The monoisotopic (exact) mass is 550 g/mol. The van der Waals surface area contributed by atoms with E-state index in [1.54, 1.807) is 53.4 Å². The van der Waals surface area contributed by atoms with Gasteiger partial charge in [0.1, 0.15) is 23.3 Å². The third-order valence-electron chi connectivity index (χ3n) is 6.63. The van der Waals surface area contributed by atoms with E-state index < -0.39 is 36.1 Å². The Morgan fingerprint density at radius 3 is 2.56 bits per heavy atom. The summed E-state index contributed by atoms with van der Waals surface area (Å²) in [5.74, 6) is -1.85. The molecule has 0 spiro atoms. The zero-order chi connectivity index (χ0) is 27.8. The van der Waals surface area contributed by atoms with Crippen molar-refractivity contribution in [2.24, 2.45) is 5.92 Å². The largest absolute Gasteiger partial charge is 0.382 e. The molecule has 4 aromatic rings. The van der Waals surface area contributed by atoms with Gasteiger partial charge in [0.25, 0.3) is 12.0 Å². The van der Waals surface area contributed by atoms with Crippen LogP contribution in [0.3, 0.4) is 0 Å². The first-order valence-electron chi connectivity index (χ1n) is 11.9. The lowest BCUT2D eigenvalue weighted by atomic mass is 9.98. The first kappa shape index (κ1) is 26.0. The van der Waals surface area contributed by atoms with Crippen molar-refractivity contribution in [1.29, 1.82) is 5.26 Å². The van der Waals surface area contributed by atoms with E-state index in [4.69, 9.17) is 28.1 Å². The fourth-order valence-corrected chi connectivity index (χ4v) is 5.23. The zero-order valence-electron chi connectivity index (χ0n) is 20.3. The van der Waals surface area contributed by atoms with Gasteiger partial charge in [-0.05, 0) is 36.6 Å². The number of hydrogen-bond acceptors (Lipinski definition) is 9. The Morgan fingerprint density at radius 2 is 1.87 bits per heavy atom.